The van der Waals surface area contributed by atoms with Crippen molar-refractivity contribution in [2.75, 3.05) is 0 Å². The molecule has 12 nitrogen and oxygen atoms in total. The second-order valence-corrected chi connectivity index (χ2v) is 1.00. The summed E-state index contributed by atoms with van der Waals surface area (Å²) in [5, 5.41) is 66.7. The van der Waals surface area contributed by atoms with Crippen LogP contribution in [0.1, 0.15) is 0 Å². The summed E-state index contributed by atoms with van der Waals surface area (Å²) in [6, 6.07) is 0. The van der Waals surface area contributed by atoms with Crippen molar-refractivity contribution in [3.63, 3.8) is 0 Å². The Morgan fingerprint density at radius 3 is 0.474 bits per heavy atom. The van der Waals surface area contributed by atoms with E-state index in [1.165, 1.54) is 0 Å². The topological polar surface area (TPSA) is 253 Å². The minimum atomic E-state index is -2.33. The first kappa shape index (κ1) is 43.0. The molecule has 0 aromatic carbocycles. The van der Waals surface area contributed by atoms with Crippen molar-refractivity contribution in [3.8, 4) is 0 Å². The molecule has 0 aliphatic rings. The molecule has 0 rings (SSSR count). The first-order chi connectivity index (χ1) is 6.93. The van der Waals surface area contributed by atoms with Crippen LogP contribution in [0.15, 0.2) is 0 Å². The van der Waals surface area contributed by atoms with Crippen molar-refractivity contribution in [2.45, 2.75) is 0 Å². The van der Waals surface area contributed by atoms with Gasteiger partial charge in [0.25, 0.3) is 0 Å². The molecule has 15 heteroatoms. The SMILES string of the molecule is O=C([O-])[O-].O=C([O-])[O-].O=C([O-])[O-].O=C([O-])[O-].[Al+3].[Li+].[Ti+4]. The van der Waals surface area contributed by atoms with Crippen molar-refractivity contribution in [2.24, 2.45) is 0 Å². The third-order valence-electron chi connectivity index (χ3n) is 0. The molecule has 0 saturated carbocycles. The molecule has 0 spiro atoms. The molecule has 0 aromatic heterocycles. The van der Waals surface area contributed by atoms with Gasteiger partial charge in [0, 0.05) is 0 Å². The van der Waals surface area contributed by atoms with Crippen LogP contribution in [0.3, 0.4) is 0 Å². The summed E-state index contributed by atoms with van der Waals surface area (Å²) in [5.41, 5.74) is 0. The van der Waals surface area contributed by atoms with Gasteiger partial charge in [0.15, 0.2) is 0 Å². The molecule has 19 heavy (non-hydrogen) atoms. The number of carbonyl (C=O) groups is 4. The Hall–Kier alpha value is -1.08. The fraction of sp³-hybridized carbons (Fsp3) is 0. The van der Waals surface area contributed by atoms with Crippen molar-refractivity contribution in [1.29, 1.82) is 0 Å². The van der Waals surface area contributed by atoms with Crippen LogP contribution in [0.5, 0.6) is 0 Å². The molecule has 0 saturated heterocycles. The average Bonchev–Trinajstić information content (AvgIpc) is 1.76. The minimum absolute atomic E-state index is 0. The van der Waals surface area contributed by atoms with Gasteiger partial charge in [0.2, 0.25) is 0 Å². The van der Waals surface area contributed by atoms with E-state index in [2.05, 4.69) is 0 Å². The van der Waals surface area contributed by atoms with Gasteiger partial charge in [0.05, 0.1) is 0 Å². The molecule has 0 bridgehead atoms. The number of carbonyl (C=O) groups excluding carboxylic acids is 4. The van der Waals surface area contributed by atoms with Crippen LogP contribution in [0.4, 0.5) is 19.2 Å². The molecule has 0 fully saturated rings. The van der Waals surface area contributed by atoms with Crippen LogP contribution in [0.25, 0.3) is 0 Å². The van der Waals surface area contributed by atoms with E-state index in [9.17, 15) is 0 Å². The van der Waals surface area contributed by atoms with Crippen LogP contribution in [0.2, 0.25) is 0 Å². The smallest absolute Gasteiger partial charge is 0.652 e. The molecule has 0 aromatic rings. The molecular weight excluding hydrogens is 322 g/mol. The maximum atomic E-state index is 8.33. The zero-order valence-electron chi connectivity index (χ0n) is 8.98. The van der Waals surface area contributed by atoms with E-state index in [0.717, 1.165) is 0 Å². The van der Waals surface area contributed by atoms with E-state index in [4.69, 9.17) is 60.0 Å². The van der Waals surface area contributed by atoms with E-state index >= 15 is 0 Å². The molecule has 0 radical (unpaired) electrons. The maximum absolute atomic E-state index is 8.33. The summed E-state index contributed by atoms with van der Waals surface area (Å²) in [4.78, 5) is 33.3. The maximum Gasteiger partial charge on any atom is 4.00 e. The van der Waals surface area contributed by atoms with Crippen molar-refractivity contribution >= 4 is 42.0 Å². The second-order valence-electron chi connectivity index (χ2n) is 1.00. The van der Waals surface area contributed by atoms with Crippen LogP contribution in [-0.4, -0.2) is 42.0 Å². The zero-order chi connectivity index (χ0) is 14.3. The van der Waals surface area contributed by atoms with E-state index < -0.39 is 24.6 Å². The molecule has 0 aliphatic heterocycles. The minimum Gasteiger partial charge on any atom is -0.652 e. The Morgan fingerprint density at radius 2 is 0.474 bits per heavy atom. The Kier molecular flexibility index (Phi) is 81.4. The predicted molar refractivity (Wildman–Crippen MR) is 27.3 cm³/mol. The molecule has 0 aliphatic carbocycles. The van der Waals surface area contributed by atoms with E-state index in [1.54, 1.807) is 0 Å². The second kappa shape index (κ2) is 36.0. The fourth-order valence-electron chi connectivity index (χ4n) is 0. The van der Waals surface area contributed by atoms with Crippen LogP contribution >= 0.6 is 0 Å². The summed E-state index contributed by atoms with van der Waals surface area (Å²) >= 11 is 0. The third kappa shape index (κ3) is 3260. The fourth-order valence-corrected chi connectivity index (χ4v) is 0. The first-order valence-electron chi connectivity index (χ1n) is 2.45. The Bertz CT molecular complexity index is 170. The Labute approximate surface area is 142 Å². The molecule has 0 heterocycles. The molecule has 0 N–H and O–H groups in total. The summed E-state index contributed by atoms with van der Waals surface area (Å²) < 4.78 is 0. The molecular formula is C4AlLiO12Ti. The normalized spacial score (nSPS) is 5.05. The third-order valence-corrected chi connectivity index (χ3v) is 0. The number of rotatable bonds is 0. The van der Waals surface area contributed by atoms with Gasteiger partial charge in [-0.15, -0.1) is 0 Å². The number of hydrogen-bond donors (Lipinski definition) is 0. The van der Waals surface area contributed by atoms with Gasteiger partial charge < -0.3 is 60.0 Å². The van der Waals surface area contributed by atoms with Gasteiger partial charge in [-0.05, 0) is 24.6 Å². The zero-order valence-corrected chi connectivity index (χ0v) is 11.7. The van der Waals surface area contributed by atoms with Crippen LogP contribution in [0, 0.1) is 0 Å². The summed E-state index contributed by atoms with van der Waals surface area (Å²) in [5.74, 6) is 0. The molecule has 0 amide bonds. The van der Waals surface area contributed by atoms with E-state index in [0.29, 0.717) is 0 Å². The van der Waals surface area contributed by atoms with Crippen molar-refractivity contribution in [1.82, 2.24) is 0 Å². The van der Waals surface area contributed by atoms with E-state index in [-0.39, 0.29) is 57.9 Å². The van der Waals surface area contributed by atoms with Crippen molar-refractivity contribution in [3.05, 3.63) is 0 Å². The van der Waals surface area contributed by atoms with Crippen molar-refractivity contribution < 1.29 is 101 Å². The molecule has 96 valence electrons. The average molecular weight is 322 g/mol. The molecule has 0 unspecified atom stereocenters. The predicted octanol–water partition coefficient (Wildman–Crippen LogP) is -13.2. The quantitative estimate of drug-likeness (QED) is 0.376. The van der Waals surface area contributed by atoms with Gasteiger partial charge in [-0.25, -0.2) is 0 Å². The summed E-state index contributed by atoms with van der Waals surface area (Å²) in [7, 11) is 0. The van der Waals surface area contributed by atoms with Crippen LogP contribution in [-0.2, 0) is 21.7 Å². The standard InChI is InChI=1S/4CH2O3.Al.Li.Ti/c4*2-1(3)4;;;/h4*(H2,2,3,4);;;/q;;;;+3;+1;+4/p-8. The van der Waals surface area contributed by atoms with Gasteiger partial charge in [-0.2, -0.15) is 0 Å². The number of carboxylic acid groups (broad SMARTS) is 8. The monoisotopic (exact) mass is 322 g/mol. The van der Waals surface area contributed by atoms with Gasteiger partial charge in [0.1, 0.15) is 0 Å². The Balaban J connectivity index is -0.0000000192. The largest absolute Gasteiger partial charge is 4.00 e. The van der Waals surface area contributed by atoms with Gasteiger partial charge in [-0.3, -0.25) is 0 Å². The first-order valence-corrected chi connectivity index (χ1v) is 2.45. The summed E-state index contributed by atoms with van der Waals surface area (Å²) in [6.07, 6.45) is -9.33. The van der Waals surface area contributed by atoms with Gasteiger partial charge >= 0.3 is 57.9 Å². The Morgan fingerprint density at radius 1 is 0.474 bits per heavy atom. The van der Waals surface area contributed by atoms with E-state index in [1.807, 2.05) is 0 Å². The van der Waals surface area contributed by atoms with Gasteiger partial charge in [-0.1, -0.05) is 0 Å². The number of hydrogen-bond acceptors (Lipinski definition) is 12. The van der Waals surface area contributed by atoms with Crippen LogP contribution < -0.4 is 59.7 Å². The summed E-state index contributed by atoms with van der Waals surface area (Å²) in [6.45, 7) is 0. The molecule has 0 atom stereocenters.